The number of pyridine rings is 1. The van der Waals surface area contributed by atoms with Crippen molar-refractivity contribution in [3.05, 3.63) is 42.1 Å². The average Bonchev–Trinajstić information content (AvgIpc) is 2.67. The van der Waals surface area contributed by atoms with Gasteiger partial charge in [-0.2, -0.15) is 13.2 Å². The normalized spacial score (nSPS) is 17.5. The molecule has 2 aromatic rings. The number of halogens is 3. The number of alkyl halides is 3. The Bertz CT molecular complexity index is 744. The minimum absolute atomic E-state index is 0.139. The molecule has 5 nitrogen and oxygen atoms in total. The number of aromatic nitrogens is 1. The fourth-order valence-electron chi connectivity index (χ4n) is 3.17. The van der Waals surface area contributed by atoms with Crippen molar-refractivity contribution in [2.45, 2.75) is 25.1 Å². The van der Waals surface area contributed by atoms with Crippen molar-refractivity contribution >= 4 is 11.5 Å². The van der Waals surface area contributed by atoms with Gasteiger partial charge in [-0.25, -0.2) is 4.98 Å². The number of hydrogen-bond donors (Lipinski definition) is 1. The van der Waals surface area contributed by atoms with Gasteiger partial charge in [0.15, 0.2) is 0 Å². The van der Waals surface area contributed by atoms with Crippen LogP contribution in [0.25, 0.3) is 0 Å². The quantitative estimate of drug-likeness (QED) is 0.841. The number of anilines is 2. The molecule has 3 rings (SSSR count). The van der Waals surface area contributed by atoms with Crippen LogP contribution in [0.1, 0.15) is 18.4 Å². The van der Waals surface area contributed by atoms with Crippen molar-refractivity contribution in [1.82, 2.24) is 4.98 Å². The van der Waals surface area contributed by atoms with E-state index in [1.165, 1.54) is 6.07 Å². The van der Waals surface area contributed by atoms with Crippen molar-refractivity contribution in [1.29, 1.82) is 0 Å². The smallest absolute Gasteiger partial charge is 0.417 e. The minimum atomic E-state index is -4.37. The summed E-state index contributed by atoms with van der Waals surface area (Å²) < 4.78 is 48.7. The van der Waals surface area contributed by atoms with Crippen molar-refractivity contribution in [3.63, 3.8) is 0 Å². The molecule has 0 bridgehead atoms. The first-order valence-electron chi connectivity index (χ1n) is 8.67. The minimum Gasteiger partial charge on any atom is -0.497 e. The average molecular weight is 381 g/mol. The standard InChI is InChI=1S/C19H22F3N3O2/c1-26-16-8-15(9-17(10-16)27-2)24-14-4-3-7-25(12-14)18-6-5-13(11-23-18)19(20,21)22/h5-6,8-11,14,24H,3-4,7,12H2,1-2H3. The SMILES string of the molecule is COc1cc(NC2CCCN(c3ccc(C(F)(F)F)cn3)C2)cc(OC)c1. The Morgan fingerprint density at radius 3 is 2.37 bits per heavy atom. The van der Waals surface area contributed by atoms with E-state index in [4.69, 9.17) is 9.47 Å². The van der Waals surface area contributed by atoms with Crippen LogP contribution in [0.5, 0.6) is 11.5 Å². The molecule has 0 radical (unpaired) electrons. The Kier molecular flexibility index (Phi) is 5.62. The topological polar surface area (TPSA) is 46.6 Å². The third-order valence-corrected chi connectivity index (χ3v) is 4.54. The third-order valence-electron chi connectivity index (χ3n) is 4.54. The molecule has 1 aliphatic rings. The second-order valence-corrected chi connectivity index (χ2v) is 6.43. The summed E-state index contributed by atoms with van der Waals surface area (Å²) in [5.41, 5.74) is 0.139. The van der Waals surface area contributed by atoms with Crippen LogP contribution in [0.4, 0.5) is 24.7 Å². The number of benzene rings is 1. The van der Waals surface area contributed by atoms with Crippen molar-refractivity contribution in [2.75, 3.05) is 37.5 Å². The van der Waals surface area contributed by atoms with Gasteiger partial charge in [0.2, 0.25) is 0 Å². The zero-order valence-corrected chi connectivity index (χ0v) is 15.2. The lowest BCUT2D eigenvalue weighted by Gasteiger charge is -2.34. The molecule has 1 saturated heterocycles. The molecule has 8 heteroatoms. The highest BCUT2D eigenvalue weighted by molar-refractivity contribution is 5.55. The molecule has 0 saturated carbocycles. The molecule has 27 heavy (non-hydrogen) atoms. The maximum absolute atomic E-state index is 12.7. The highest BCUT2D eigenvalue weighted by atomic mass is 19.4. The second-order valence-electron chi connectivity index (χ2n) is 6.43. The largest absolute Gasteiger partial charge is 0.497 e. The monoisotopic (exact) mass is 381 g/mol. The van der Waals surface area contributed by atoms with Crippen molar-refractivity contribution in [2.24, 2.45) is 0 Å². The summed E-state index contributed by atoms with van der Waals surface area (Å²) in [7, 11) is 3.19. The maximum atomic E-state index is 12.7. The van der Waals surface area contributed by atoms with Crippen LogP contribution >= 0.6 is 0 Å². The van der Waals surface area contributed by atoms with Crippen LogP contribution in [-0.2, 0) is 6.18 Å². The van der Waals surface area contributed by atoms with Crippen LogP contribution in [0, 0.1) is 0 Å². The van der Waals surface area contributed by atoms with Crippen LogP contribution in [0.15, 0.2) is 36.5 Å². The first kappa shape index (κ1) is 19.1. The van der Waals surface area contributed by atoms with Crippen molar-refractivity contribution < 1.29 is 22.6 Å². The number of hydrogen-bond acceptors (Lipinski definition) is 5. The fourth-order valence-corrected chi connectivity index (χ4v) is 3.17. The molecule has 1 atom stereocenters. The van der Waals surface area contributed by atoms with Gasteiger partial charge in [0.1, 0.15) is 17.3 Å². The molecule has 2 heterocycles. The van der Waals surface area contributed by atoms with E-state index in [0.717, 1.165) is 37.3 Å². The summed E-state index contributed by atoms with van der Waals surface area (Å²) in [6, 6.07) is 8.21. The van der Waals surface area contributed by atoms with E-state index in [1.54, 1.807) is 20.3 Å². The number of ether oxygens (including phenoxy) is 2. The number of piperidine rings is 1. The number of rotatable bonds is 5. The third kappa shape index (κ3) is 4.75. The van der Waals surface area contributed by atoms with Crippen LogP contribution < -0.4 is 19.7 Å². The van der Waals surface area contributed by atoms with E-state index < -0.39 is 11.7 Å². The van der Waals surface area contributed by atoms with Crippen LogP contribution in [-0.4, -0.2) is 38.3 Å². The van der Waals surface area contributed by atoms with Crippen molar-refractivity contribution in [3.8, 4) is 11.5 Å². The Morgan fingerprint density at radius 2 is 1.81 bits per heavy atom. The van der Waals surface area contributed by atoms with Gasteiger partial charge in [-0.3, -0.25) is 0 Å². The van der Waals surface area contributed by atoms with E-state index in [1.807, 2.05) is 17.0 Å². The number of nitrogens with one attached hydrogen (secondary N) is 1. The first-order chi connectivity index (χ1) is 12.9. The molecule has 0 amide bonds. The van der Waals surface area contributed by atoms with Gasteiger partial charge in [-0.05, 0) is 25.0 Å². The second kappa shape index (κ2) is 7.94. The zero-order chi connectivity index (χ0) is 19.4. The van der Waals surface area contributed by atoms with Gasteiger partial charge >= 0.3 is 6.18 Å². The molecular weight excluding hydrogens is 359 g/mol. The Balaban J connectivity index is 1.69. The summed E-state index contributed by atoms with van der Waals surface area (Å²) in [6.07, 6.45) is -1.61. The Hall–Kier alpha value is -2.64. The van der Waals surface area contributed by atoms with Crippen LogP contribution in [0.2, 0.25) is 0 Å². The molecule has 1 aromatic heterocycles. The maximum Gasteiger partial charge on any atom is 0.417 e. The van der Waals surface area contributed by atoms with Gasteiger partial charge < -0.3 is 19.7 Å². The lowest BCUT2D eigenvalue weighted by Crippen LogP contribution is -2.42. The highest BCUT2D eigenvalue weighted by Crippen LogP contribution is 2.31. The summed E-state index contributed by atoms with van der Waals surface area (Å²) >= 11 is 0. The van der Waals surface area contributed by atoms with Gasteiger partial charge in [0.05, 0.1) is 19.8 Å². The molecule has 1 unspecified atom stereocenters. The summed E-state index contributed by atoms with van der Waals surface area (Å²) in [5, 5.41) is 3.46. The first-order valence-corrected chi connectivity index (χ1v) is 8.67. The van der Waals surface area contributed by atoms with Gasteiger partial charge in [-0.1, -0.05) is 0 Å². The highest BCUT2D eigenvalue weighted by Gasteiger charge is 2.31. The van der Waals surface area contributed by atoms with E-state index >= 15 is 0 Å². The molecule has 0 spiro atoms. The molecule has 1 aromatic carbocycles. The predicted octanol–water partition coefficient (Wildman–Crippen LogP) is 4.20. The zero-order valence-electron chi connectivity index (χ0n) is 15.2. The number of methoxy groups -OCH3 is 2. The molecular formula is C19H22F3N3O2. The molecule has 1 N–H and O–H groups in total. The van der Waals surface area contributed by atoms with E-state index in [2.05, 4.69) is 10.3 Å². The van der Waals surface area contributed by atoms with E-state index in [9.17, 15) is 13.2 Å². The molecule has 1 aliphatic heterocycles. The number of nitrogens with zero attached hydrogens (tertiary/aromatic N) is 2. The van der Waals surface area contributed by atoms with Gasteiger partial charge in [0, 0.05) is 49.2 Å². The van der Waals surface area contributed by atoms with Gasteiger partial charge in [-0.15, -0.1) is 0 Å². The molecule has 0 aliphatic carbocycles. The summed E-state index contributed by atoms with van der Waals surface area (Å²) in [4.78, 5) is 6.00. The summed E-state index contributed by atoms with van der Waals surface area (Å²) in [6.45, 7) is 1.41. The Morgan fingerprint density at radius 1 is 1.11 bits per heavy atom. The lowest BCUT2D eigenvalue weighted by molar-refractivity contribution is -0.137. The Labute approximate surface area is 156 Å². The van der Waals surface area contributed by atoms with Gasteiger partial charge in [0.25, 0.3) is 0 Å². The van der Waals surface area contributed by atoms with E-state index in [-0.39, 0.29) is 6.04 Å². The molecule has 1 fully saturated rings. The van der Waals surface area contributed by atoms with E-state index in [0.29, 0.717) is 23.9 Å². The molecule has 146 valence electrons. The predicted molar refractivity (Wildman–Crippen MR) is 97.6 cm³/mol. The lowest BCUT2D eigenvalue weighted by atomic mass is 10.0. The van der Waals surface area contributed by atoms with Crippen LogP contribution in [0.3, 0.4) is 0 Å². The fraction of sp³-hybridized carbons (Fsp3) is 0.421. The summed E-state index contributed by atoms with van der Waals surface area (Å²) in [5.74, 6) is 1.93.